The van der Waals surface area contributed by atoms with E-state index >= 15 is 0 Å². The monoisotopic (exact) mass is 422 g/mol. The molecule has 0 aliphatic carbocycles. The van der Waals surface area contributed by atoms with Gasteiger partial charge in [0.1, 0.15) is 5.82 Å². The molecule has 0 spiro atoms. The van der Waals surface area contributed by atoms with Crippen molar-refractivity contribution in [2.45, 2.75) is 23.4 Å². The van der Waals surface area contributed by atoms with Crippen molar-refractivity contribution in [3.63, 3.8) is 0 Å². The lowest BCUT2D eigenvalue weighted by molar-refractivity contribution is -0.115. The quantitative estimate of drug-likeness (QED) is 0.513. The number of anilines is 3. The van der Waals surface area contributed by atoms with Crippen LogP contribution in [0.2, 0.25) is 5.02 Å². The molecule has 0 radical (unpaired) electrons. The van der Waals surface area contributed by atoms with Crippen LogP contribution < -0.4 is 10.6 Å². The van der Waals surface area contributed by atoms with Gasteiger partial charge >= 0.3 is 0 Å². The predicted octanol–water partition coefficient (Wildman–Crippen LogP) is 5.50. The molecular weight excluding hydrogens is 407 g/mol. The van der Waals surface area contributed by atoms with Gasteiger partial charge in [0.2, 0.25) is 11.0 Å². The lowest BCUT2D eigenvalue weighted by Gasteiger charge is -2.10. The number of rotatable bonds is 6. The molecule has 0 aliphatic rings. The van der Waals surface area contributed by atoms with Crippen LogP contribution in [0.25, 0.3) is 0 Å². The summed E-state index contributed by atoms with van der Waals surface area (Å²) >= 11 is 8.70. The summed E-state index contributed by atoms with van der Waals surface area (Å²) in [6.07, 6.45) is 0. The molecule has 1 atom stereocenters. The molecule has 0 saturated heterocycles. The van der Waals surface area contributed by atoms with Crippen molar-refractivity contribution in [3.8, 4) is 0 Å². The van der Waals surface area contributed by atoms with Gasteiger partial charge in [0, 0.05) is 10.7 Å². The van der Waals surface area contributed by atoms with Gasteiger partial charge in [0.15, 0.2) is 4.34 Å². The van der Waals surface area contributed by atoms with Gasteiger partial charge < -0.3 is 10.6 Å². The number of aryl methyl sites for hydroxylation is 1. The van der Waals surface area contributed by atoms with Gasteiger partial charge in [0.25, 0.3) is 0 Å². The highest BCUT2D eigenvalue weighted by molar-refractivity contribution is 8.02. The molecule has 0 bridgehead atoms. The molecule has 5 nitrogen and oxygen atoms in total. The van der Waals surface area contributed by atoms with Gasteiger partial charge in [0.05, 0.1) is 10.9 Å². The molecule has 2 N–H and O–H groups in total. The van der Waals surface area contributed by atoms with Crippen LogP contribution in [0.3, 0.4) is 0 Å². The van der Waals surface area contributed by atoms with Gasteiger partial charge in [-0.15, -0.1) is 10.2 Å². The number of halogens is 2. The second-order valence-corrected chi connectivity index (χ2v) is 8.66. The van der Waals surface area contributed by atoms with Crippen LogP contribution in [0.4, 0.5) is 20.9 Å². The lowest BCUT2D eigenvalue weighted by atomic mass is 10.2. The number of carbonyl (C=O) groups is 1. The molecule has 27 heavy (non-hydrogen) atoms. The first-order chi connectivity index (χ1) is 12.9. The fourth-order valence-electron chi connectivity index (χ4n) is 2.10. The molecule has 0 aliphatic heterocycles. The topological polar surface area (TPSA) is 66.9 Å². The molecule has 3 rings (SSSR count). The van der Waals surface area contributed by atoms with E-state index in [-0.39, 0.29) is 11.6 Å². The summed E-state index contributed by atoms with van der Waals surface area (Å²) in [6, 6.07) is 11.7. The molecular formula is C18H16ClFN4OS2. The number of benzene rings is 2. The summed E-state index contributed by atoms with van der Waals surface area (Å²) in [6.45, 7) is 3.66. The summed E-state index contributed by atoms with van der Waals surface area (Å²) in [5, 5.41) is 14.7. The van der Waals surface area contributed by atoms with E-state index < -0.39 is 11.1 Å². The maximum Gasteiger partial charge on any atom is 0.237 e. The van der Waals surface area contributed by atoms with Gasteiger partial charge in [-0.1, -0.05) is 52.9 Å². The van der Waals surface area contributed by atoms with Crippen LogP contribution in [0.15, 0.2) is 46.8 Å². The fourth-order valence-corrected chi connectivity index (χ4v) is 4.20. The number of nitrogens with zero attached hydrogens (tertiary/aromatic N) is 2. The summed E-state index contributed by atoms with van der Waals surface area (Å²) in [5.74, 6) is -0.776. The second-order valence-electron chi connectivity index (χ2n) is 5.69. The van der Waals surface area contributed by atoms with E-state index in [0.29, 0.717) is 14.5 Å². The molecule has 140 valence electrons. The van der Waals surface area contributed by atoms with Crippen molar-refractivity contribution in [3.05, 3.63) is 58.9 Å². The zero-order valence-electron chi connectivity index (χ0n) is 14.5. The van der Waals surface area contributed by atoms with Gasteiger partial charge in [-0.2, -0.15) is 0 Å². The van der Waals surface area contributed by atoms with Crippen molar-refractivity contribution in [1.82, 2.24) is 10.2 Å². The summed E-state index contributed by atoms with van der Waals surface area (Å²) in [7, 11) is 0. The molecule has 1 heterocycles. The summed E-state index contributed by atoms with van der Waals surface area (Å²) in [5.41, 5.74) is 1.96. The Hall–Kier alpha value is -2.16. The first-order valence-corrected chi connectivity index (χ1v) is 10.1. The minimum absolute atomic E-state index is 0.158. The SMILES string of the molecule is Cc1ccc(Nc2nnc(S[C@@H](C)C(=O)Nc3ccccc3F)s2)cc1Cl. The third kappa shape index (κ3) is 5.18. The van der Waals surface area contributed by atoms with Crippen LogP contribution >= 0.6 is 34.7 Å². The van der Waals surface area contributed by atoms with Gasteiger partial charge in [-0.05, 0) is 43.7 Å². The Labute approximate surface area is 169 Å². The molecule has 3 aromatic rings. The third-order valence-corrected chi connectivity index (χ3v) is 6.04. The van der Waals surface area contributed by atoms with E-state index in [4.69, 9.17) is 11.6 Å². The number of amides is 1. The summed E-state index contributed by atoms with van der Waals surface area (Å²) < 4.78 is 14.3. The van der Waals surface area contributed by atoms with Crippen LogP contribution in [-0.4, -0.2) is 21.4 Å². The highest BCUT2D eigenvalue weighted by Gasteiger charge is 2.18. The Bertz CT molecular complexity index is 966. The van der Waals surface area contributed by atoms with E-state index in [1.807, 2.05) is 25.1 Å². The number of thioether (sulfide) groups is 1. The maximum absolute atomic E-state index is 13.6. The molecule has 1 amide bonds. The van der Waals surface area contributed by atoms with Crippen LogP contribution in [-0.2, 0) is 4.79 Å². The minimum Gasteiger partial charge on any atom is -0.330 e. The lowest BCUT2D eigenvalue weighted by Crippen LogP contribution is -2.22. The van der Waals surface area contributed by atoms with Gasteiger partial charge in [-0.3, -0.25) is 4.79 Å². The standard InChI is InChI=1S/C18H16ClFN4OS2/c1-10-7-8-12(9-13(10)19)21-17-23-24-18(27-17)26-11(2)16(25)22-15-6-4-3-5-14(15)20/h3-9,11H,1-2H3,(H,21,23)(H,22,25)/t11-/m0/s1. The Morgan fingerprint density at radius 3 is 2.78 bits per heavy atom. The zero-order valence-corrected chi connectivity index (χ0v) is 16.9. The Kier molecular flexibility index (Phi) is 6.30. The average Bonchev–Trinajstić information content (AvgIpc) is 3.07. The Balaban J connectivity index is 1.60. The Morgan fingerprint density at radius 1 is 1.26 bits per heavy atom. The predicted molar refractivity (Wildman–Crippen MR) is 110 cm³/mol. The van der Waals surface area contributed by atoms with Crippen molar-refractivity contribution in [2.75, 3.05) is 10.6 Å². The van der Waals surface area contributed by atoms with Crippen molar-refractivity contribution >= 4 is 57.1 Å². The fraction of sp³-hybridized carbons (Fsp3) is 0.167. The number of nitrogens with one attached hydrogen (secondary N) is 2. The highest BCUT2D eigenvalue weighted by atomic mass is 35.5. The first-order valence-electron chi connectivity index (χ1n) is 8.01. The van der Waals surface area contributed by atoms with Crippen molar-refractivity contribution in [2.24, 2.45) is 0 Å². The minimum atomic E-state index is -0.470. The van der Waals surface area contributed by atoms with E-state index in [0.717, 1.165) is 11.3 Å². The largest absolute Gasteiger partial charge is 0.330 e. The Morgan fingerprint density at radius 2 is 2.04 bits per heavy atom. The van der Waals surface area contributed by atoms with E-state index in [2.05, 4.69) is 20.8 Å². The highest BCUT2D eigenvalue weighted by Crippen LogP contribution is 2.31. The number of aromatic nitrogens is 2. The van der Waals surface area contributed by atoms with E-state index in [1.165, 1.54) is 35.2 Å². The third-order valence-electron chi connectivity index (χ3n) is 3.61. The molecule has 0 unspecified atom stereocenters. The van der Waals surface area contributed by atoms with E-state index in [9.17, 15) is 9.18 Å². The first kappa shape index (κ1) is 19.6. The molecule has 9 heteroatoms. The van der Waals surface area contributed by atoms with Crippen LogP contribution in [0.5, 0.6) is 0 Å². The zero-order chi connectivity index (χ0) is 19.4. The average molecular weight is 423 g/mol. The normalized spacial score (nSPS) is 11.9. The number of carbonyl (C=O) groups excluding carboxylic acids is 1. The smallest absolute Gasteiger partial charge is 0.237 e. The molecule has 0 saturated carbocycles. The van der Waals surface area contributed by atoms with Crippen molar-refractivity contribution in [1.29, 1.82) is 0 Å². The number of para-hydroxylation sites is 1. The van der Waals surface area contributed by atoms with Gasteiger partial charge in [-0.25, -0.2) is 4.39 Å². The molecule has 2 aromatic carbocycles. The van der Waals surface area contributed by atoms with E-state index in [1.54, 1.807) is 19.1 Å². The summed E-state index contributed by atoms with van der Waals surface area (Å²) in [4.78, 5) is 12.3. The van der Waals surface area contributed by atoms with Crippen LogP contribution in [0, 0.1) is 12.7 Å². The number of hydrogen-bond acceptors (Lipinski definition) is 6. The van der Waals surface area contributed by atoms with Crippen LogP contribution in [0.1, 0.15) is 12.5 Å². The number of hydrogen-bond donors (Lipinski definition) is 2. The van der Waals surface area contributed by atoms with Crippen molar-refractivity contribution < 1.29 is 9.18 Å². The molecule has 1 aromatic heterocycles. The maximum atomic E-state index is 13.6. The molecule has 0 fully saturated rings. The second kappa shape index (κ2) is 8.69.